The lowest BCUT2D eigenvalue weighted by molar-refractivity contribution is -0.128. The Morgan fingerprint density at radius 3 is 2.64 bits per heavy atom. The van der Waals surface area contributed by atoms with Crippen LogP contribution in [0.2, 0.25) is 0 Å². The molecule has 1 fully saturated rings. The molecule has 2 aromatic rings. The molecule has 2 aromatic carbocycles. The van der Waals surface area contributed by atoms with Crippen molar-refractivity contribution in [1.82, 2.24) is 10.2 Å². The third kappa shape index (κ3) is 2.70. The van der Waals surface area contributed by atoms with Crippen LogP contribution in [0.15, 0.2) is 54.6 Å². The monoisotopic (exact) mass is 298 g/mol. The fourth-order valence-electron chi connectivity index (χ4n) is 2.64. The third-order valence-electron chi connectivity index (χ3n) is 3.66. The van der Waals surface area contributed by atoms with Crippen molar-refractivity contribution in [3.63, 3.8) is 0 Å². The Morgan fingerprint density at radius 2 is 1.91 bits per heavy atom. The van der Waals surface area contributed by atoms with E-state index < -0.39 is 11.9 Å². The molecule has 1 heterocycles. The molecular weight excluding hydrogens is 283 g/mol. The number of rotatable bonds is 2. The summed E-state index contributed by atoms with van der Waals surface area (Å²) >= 11 is 0. The van der Waals surface area contributed by atoms with Gasteiger partial charge in [0.1, 0.15) is 11.9 Å². The van der Waals surface area contributed by atoms with E-state index in [9.17, 15) is 14.0 Å². The smallest absolute Gasteiger partial charge is 0.254 e. The van der Waals surface area contributed by atoms with Crippen LogP contribution >= 0.6 is 0 Å². The average Bonchev–Trinajstić information content (AvgIpc) is 2.55. The predicted octanol–water partition coefficient (Wildman–Crippen LogP) is 2.14. The van der Waals surface area contributed by atoms with E-state index in [2.05, 4.69) is 5.32 Å². The molecule has 1 N–H and O–H groups in total. The molecule has 2 amide bonds. The summed E-state index contributed by atoms with van der Waals surface area (Å²) in [5.41, 5.74) is 0.986. The van der Waals surface area contributed by atoms with Crippen LogP contribution in [0.4, 0.5) is 4.39 Å². The maximum atomic E-state index is 13.3. The van der Waals surface area contributed by atoms with Crippen molar-refractivity contribution in [2.45, 2.75) is 6.04 Å². The molecule has 0 saturated carbocycles. The molecule has 1 saturated heterocycles. The Kier molecular flexibility index (Phi) is 3.87. The second kappa shape index (κ2) is 5.97. The van der Waals surface area contributed by atoms with Gasteiger partial charge in [-0.05, 0) is 23.8 Å². The van der Waals surface area contributed by atoms with Gasteiger partial charge < -0.3 is 10.2 Å². The van der Waals surface area contributed by atoms with Crippen LogP contribution in [0.3, 0.4) is 0 Å². The quantitative estimate of drug-likeness (QED) is 0.923. The van der Waals surface area contributed by atoms with Crippen molar-refractivity contribution in [2.24, 2.45) is 0 Å². The normalized spacial score (nSPS) is 18.0. The van der Waals surface area contributed by atoms with Crippen molar-refractivity contribution in [3.05, 3.63) is 71.5 Å². The highest BCUT2D eigenvalue weighted by Crippen LogP contribution is 2.25. The lowest BCUT2D eigenvalue weighted by Crippen LogP contribution is -2.52. The van der Waals surface area contributed by atoms with Gasteiger partial charge in [0, 0.05) is 18.7 Å². The first kappa shape index (κ1) is 14.3. The molecule has 1 aliphatic heterocycles. The van der Waals surface area contributed by atoms with Crippen molar-refractivity contribution in [3.8, 4) is 0 Å². The molecule has 0 spiro atoms. The fraction of sp³-hybridized carbons (Fsp3) is 0.176. The largest absolute Gasteiger partial charge is 0.352 e. The van der Waals surface area contributed by atoms with E-state index in [1.165, 1.54) is 23.1 Å². The van der Waals surface area contributed by atoms with Gasteiger partial charge >= 0.3 is 0 Å². The van der Waals surface area contributed by atoms with E-state index in [1.807, 2.05) is 18.2 Å². The molecule has 4 nitrogen and oxygen atoms in total. The first-order chi connectivity index (χ1) is 10.7. The van der Waals surface area contributed by atoms with Crippen LogP contribution in [-0.4, -0.2) is 29.8 Å². The van der Waals surface area contributed by atoms with Crippen LogP contribution < -0.4 is 5.32 Å². The van der Waals surface area contributed by atoms with Crippen LogP contribution in [-0.2, 0) is 4.79 Å². The maximum Gasteiger partial charge on any atom is 0.254 e. The summed E-state index contributed by atoms with van der Waals surface area (Å²) < 4.78 is 13.3. The number of nitrogens with one attached hydrogen (secondary N) is 1. The summed E-state index contributed by atoms with van der Waals surface area (Å²) in [5.74, 6) is -1.03. The van der Waals surface area contributed by atoms with E-state index >= 15 is 0 Å². The highest BCUT2D eigenvalue weighted by molar-refractivity contribution is 5.98. The molecule has 1 aliphatic rings. The molecule has 1 unspecified atom stereocenters. The van der Waals surface area contributed by atoms with Gasteiger partial charge in [0.25, 0.3) is 5.91 Å². The zero-order chi connectivity index (χ0) is 15.5. The van der Waals surface area contributed by atoms with Crippen molar-refractivity contribution < 1.29 is 14.0 Å². The van der Waals surface area contributed by atoms with Crippen LogP contribution in [0.25, 0.3) is 0 Å². The number of nitrogens with zero attached hydrogens (tertiary/aromatic N) is 1. The summed E-state index contributed by atoms with van der Waals surface area (Å²) in [4.78, 5) is 26.4. The third-order valence-corrected chi connectivity index (χ3v) is 3.66. The second-order valence-electron chi connectivity index (χ2n) is 5.11. The fourth-order valence-corrected chi connectivity index (χ4v) is 2.64. The summed E-state index contributed by atoms with van der Waals surface area (Å²) in [7, 11) is 0. The van der Waals surface area contributed by atoms with E-state index in [0.29, 0.717) is 13.1 Å². The van der Waals surface area contributed by atoms with Gasteiger partial charge in [0.05, 0.1) is 0 Å². The van der Waals surface area contributed by atoms with E-state index in [4.69, 9.17) is 0 Å². The molecule has 112 valence electrons. The molecule has 3 rings (SSSR count). The minimum atomic E-state index is -0.689. The van der Waals surface area contributed by atoms with E-state index in [1.54, 1.807) is 18.2 Å². The number of amides is 2. The molecule has 0 aliphatic carbocycles. The van der Waals surface area contributed by atoms with Gasteiger partial charge in [-0.3, -0.25) is 9.59 Å². The van der Waals surface area contributed by atoms with E-state index in [-0.39, 0.29) is 17.4 Å². The topological polar surface area (TPSA) is 49.4 Å². The first-order valence-electron chi connectivity index (χ1n) is 7.06. The minimum absolute atomic E-state index is 0.220. The zero-order valence-corrected chi connectivity index (χ0v) is 11.8. The number of halogens is 1. The summed E-state index contributed by atoms with van der Waals surface area (Å²) in [6.45, 7) is 0.782. The van der Waals surface area contributed by atoms with Gasteiger partial charge in [-0.25, -0.2) is 4.39 Å². The molecule has 0 bridgehead atoms. The Balaban J connectivity index is 1.96. The number of carbonyl (C=O) groups excluding carboxylic acids is 2. The molecular formula is C17H15FN2O2. The van der Waals surface area contributed by atoms with Gasteiger partial charge in [0.2, 0.25) is 5.91 Å². The number of carbonyl (C=O) groups is 2. The molecule has 1 atom stereocenters. The van der Waals surface area contributed by atoms with Gasteiger partial charge in [-0.1, -0.05) is 36.4 Å². The summed E-state index contributed by atoms with van der Waals surface area (Å²) in [6.07, 6.45) is 0. The maximum absolute atomic E-state index is 13.3. The summed E-state index contributed by atoms with van der Waals surface area (Å²) in [6, 6.07) is 13.9. The lowest BCUT2D eigenvalue weighted by Gasteiger charge is -2.35. The van der Waals surface area contributed by atoms with E-state index in [0.717, 1.165) is 5.56 Å². The Hall–Kier alpha value is -2.69. The van der Waals surface area contributed by atoms with Gasteiger partial charge in [0.15, 0.2) is 0 Å². The number of hydrogen-bond acceptors (Lipinski definition) is 2. The lowest BCUT2D eigenvalue weighted by atomic mass is 10.0. The second-order valence-corrected chi connectivity index (χ2v) is 5.11. The Bertz CT molecular complexity index is 703. The molecule has 0 aromatic heterocycles. The van der Waals surface area contributed by atoms with Gasteiger partial charge in [-0.15, -0.1) is 0 Å². The highest BCUT2D eigenvalue weighted by atomic mass is 19.1. The van der Waals surface area contributed by atoms with Crippen LogP contribution in [0.5, 0.6) is 0 Å². The average molecular weight is 298 g/mol. The van der Waals surface area contributed by atoms with Crippen molar-refractivity contribution in [1.29, 1.82) is 0 Å². The SMILES string of the molecule is O=C1NCCN(C(=O)c2cccc(F)c2)C1c1ccccc1. The predicted molar refractivity (Wildman–Crippen MR) is 79.6 cm³/mol. The number of hydrogen-bond donors (Lipinski definition) is 1. The summed E-state index contributed by atoms with van der Waals surface area (Å²) in [5, 5.41) is 2.77. The Morgan fingerprint density at radius 1 is 1.14 bits per heavy atom. The van der Waals surface area contributed by atoms with Crippen molar-refractivity contribution >= 4 is 11.8 Å². The minimum Gasteiger partial charge on any atom is -0.352 e. The Labute approximate surface area is 127 Å². The van der Waals surface area contributed by atoms with Crippen LogP contribution in [0.1, 0.15) is 22.0 Å². The number of piperazine rings is 1. The number of benzene rings is 2. The molecule has 5 heteroatoms. The first-order valence-corrected chi connectivity index (χ1v) is 7.06. The molecule has 22 heavy (non-hydrogen) atoms. The van der Waals surface area contributed by atoms with Gasteiger partial charge in [-0.2, -0.15) is 0 Å². The standard InChI is InChI=1S/C17H15FN2O2/c18-14-8-4-7-13(11-14)17(22)20-10-9-19-16(21)15(20)12-5-2-1-3-6-12/h1-8,11,15H,9-10H2,(H,19,21). The zero-order valence-electron chi connectivity index (χ0n) is 11.8. The van der Waals surface area contributed by atoms with Crippen LogP contribution in [0, 0.1) is 5.82 Å². The molecule has 0 radical (unpaired) electrons. The highest BCUT2D eigenvalue weighted by Gasteiger charge is 2.34. The van der Waals surface area contributed by atoms with Crippen molar-refractivity contribution in [2.75, 3.05) is 13.1 Å².